The van der Waals surface area contributed by atoms with E-state index < -0.39 is 34.0 Å². The first-order chi connectivity index (χ1) is 17.2. The summed E-state index contributed by atoms with van der Waals surface area (Å²) in [4.78, 5) is 30.3. The molecule has 1 saturated heterocycles. The molecule has 10 nitrogen and oxygen atoms in total. The molecule has 1 aliphatic heterocycles. The van der Waals surface area contributed by atoms with E-state index in [0.717, 1.165) is 10.8 Å². The van der Waals surface area contributed by atoms with Crippen molar-refractivity contribution in [1.82, 2.24) is 10.2 Å². The molecule has 0 saturated carbocycles. The lowest BCUT2D eigenvalue weighted by molar-refractivity contribution is -0.126. The van der Waals surface area contributed by atoms with E-state index >= 15 is 0 Å². The zero-order valence-corrected chi connectivity index (χ0v) is 20.8. The van der Waals surface area contributed by atoms with Gasteiger partial charge in [-0.1, -0.05) is 43.3 Å². The van der Waals surface area contributed by atoms with Gasteiger partial charge >= 0.3 is 0 Å². The van der Waals surface area contributed by atoms with Crippen molar-refractivity contribution in [2.45, 2.75) is 44.0 Å². The predicted octanol–water partition coefficient (Wildman–Crippen LogP) is 3.68. The highest BCUT2D eigenvalue weighted by Crippen LogP contribution is 2.24. The van der Waals surface area contributed by atoms with Gasteiger partial charge in [0.2, 0.25) is 16.1 Å². The van der Waals surface area contributed by atoms with Crippen LogP contribution in [0.5, 0.6) is 0 Å². The zero-order chi connectivity index (χ0) is 25.9. The minimum Gasteiger partial charge on any atom is -0.323 e. The van der Waals surface area contributed by atoms with Gasteiger partial charge in [0, 0.05) is 23.0 Å². The fourth-order valence-electron chi connectivity index (χ4n) is 3.68. The Morgan fingerprint density at radius 3 is 2.36 bits per heavy atom. The Morgan fingerprint density at radius 1 is 1.00 bits per heavy atom. The number of benzene rings is 3. The fourth-order valence-corrected chi connectivity index (χ4v) is 4.88. The molecule has 0 bridgehead atoms. The van der Waals surface area contributed by atoms with E-state index in [-0.39, 0.29) is 16.9 Å². The van der Waals surface area contributed by atoms with Crippen molar-refractivity contribution in [2.24, 2.45) is 16.1 Å². The molecule has 1 heterocycles. The summed E-state index contributed by atoms with van der Waals surface area (Å²) in [6, 6.07) is 17.3. The van der Waals surface area contributed by atoms with Gasteiger partial charge in [-0.15, -0.1) is 0 Å². The number of carbonyl (C=O) groups excluding carboxylic acids is 2. The summed E-state index contributed by atoms with van der Waals surface area (Å²) in [5.41, 5.74) is 3.61. The van der Waals surface area contributed by atoms with Gasteiger partial charge in [0.05, 0.1) is 10.6 Å². The number of Topliss-reactive ketones (excluding diaryl/α,β-unsaturated/α-hetero) is 1. The van der Waals surface area contributed by atoms with Crippen LogP contribution < -0.4 is 15.5 Å². The van der Waals surface area contributed by atoms with Gasteiger partial charge in [0.25, 0.3) is 5.91 Å². The molecule has 36 heavy (non-hydrogen) atoms. The smallest absolute Gasteiger partial charge is 0.258 e. The number of azo groups is 1. The van der Waals surface area contributed by atoms with E-state index in [0.29, 0.717) is 11.4 Å². The molecular weight excluding hydrogens is 482 g/mol. The van der Waals surface area contributed by atoms with Gasteiger partial charge in [0.1, 0.15) is 6.23 Å². The Morgan fingerprint density at radius 2 is 1.69 bits per heavy atom. The fraction of sp³-hybridized carbons (Fsp3) is 0.280. The number of amides is 1. The highest BCUT2D eigenvalue weighted by molar-refractivity contribution is 7.89. The number of nitrogens with one attached hydrogen (secondary N) is 3. The standard InChI is InChI=1S/C25H27N5O5S/c1-15-16(2)29-35-25(15)30-36(33,34)20-13-11-19(12-14-20)27-28-23(17(3)31)24(32)26-22-10-6-8-18-7-4-5-9-21(18)22/h4-16,23,25,29-30H,1-3H3,(H,26,32)/t15-,16+,23+,25+/m1/s1. The Labute approximate surface area is 209 Å². The van der Waals surface area contributed by atoms with E-state index in [4.69, 9.17) is 4.84 Å². The minimum absolute atomic E-state index is 0.00696. The first-order valence-corrected chi connectivity index (χ1v) is 12.9. The third-order valence-corrected chi connectivity index (χ3v) is 7.47. The first kappa shape index (κ1) is 25.6. The Kier molecular flexibility index (Phi) is 7.55. The van der Waals surface area contributed by atoms with Crippen LogP contribution in [0.25, 0.3) is 10.8 Å². The number of hydrogen-bond acceptors (Lipinski definition) is 8. The number of nitrogens with zero attached hydrogens (tertiary/aromatic N) is 2. The third-order valence-electron chi connectivity index (χ3n) is 6.04. The van der Waals surface area contributed by atoms with E-state index in [2.05, 4.69) is 25.7 Å². The van der Waals surface area contributed by atoms with Crippen LogP contribution in [0.2, 0.25) is 0 Å². The third kappa shape index (κ3) is 5.65. The van der Waals surface area contributed by atoms with Gasteiger partial charge in [-0.25, -0.2) is 8.42 Å². The summed E-state index contributed by atoms with van der Waals surface area (Å²) in [7, 11) is -3.83. The van der Waals surface area contributed by atoms with Crippen molar-refractivity contribution < 1.29 is 22.8 Å². The quantitative estimate of drug-likeness (QED) is 0.313. The largest absolute Gasteiger partial charge is 0.323 e. The number of sulfonamides is 1. The summed E-state index contributed by atoms with van der Waals surface area (Å²) in [6.07, 6.45) is -0.694. The van der Waals surface area contributed by atoms with Gasteiger partial charge in [-0.3, -0.25) is 14.4 Å². The molecule has 3 N–H and O–H groups in total. The molecule has 3 aromatic rings. The highest BCUT2D eigenvalue weighted by atomic mass is 32.2. The number of fused-ring (bicyclic) bond motifs is 1. The number of hydrogen-bond donors (Lipinski definition) is 3. The van der Waals surface area contributed by atoms with Crippen LogP contribution >= 0.6 is 0 Å². The van der Waals surface area contributed by atoms with Crippen LogP contribution in [0.15, 0.2) is 81.9 Å². The molecule has 0 unspecified atom stereocenters. The maximum atomic E-state index is 12.8. The molecule has 0 spiro atoms. The molecule has 11 heteroatoms. The number of rotatable bonds is 8. The molecule has 0 radical (unpaired) electrons. The van der Waals surface area contributed by atoms with Crippen molar-refractivity contribution in [3.8, 4) is 0 Å². The predicted molar refractivity (Wildman–Crippen MR) is 135 cm³/mol. The normalized spacial score (nSPS) is 21.0. The average molecular weight is 510 g/mol. The number of anilines is 1. The van der Waals surface area contributed by atoms with Crippen LogP contribution in [-0.2, 0) is 24.4 Å². The number of ketones is 1. The molecule has 1 fully saturated rings. The maximum absolute atomic E-state index is 12.8. The summed E-state index contributed by atoms with van der Waals surface area (Å²) in [5, 5.41) is 12.5. The zero-order valence-electron chi connectivity index (χ0n) is 20.0. The molecule has 4 rings (SSSR count). The summed E-state index contributed by atoms with van der Waals surface area (Å²) >= 11 is 0. The summed E-state index contributed by atoms with van der Waals surface area (Å²) in [6.45, 7) is 5.04. The second-order valence-electron chi connectivity index (χ2n) is 8.66. The van der Waals surface area contributed by atoms with E-state index in [1.807, 2.05) is 50.2 Å². The lowest BCUT2D eigenvalue weighted by Gasteiger charge is -2.16. The highest BCUT2D eigenvalue weighted by Gasteiger charge is 2.34. The minimum atomic E-state index is -3.83. The molecule has 188 valence electrons. The van der Waals surface area contributed by atoms with Crippen molar-refractivity contribution in [1.29, 1.82) is 0 Å². The van der Waals surface area contributed by atoms with Crippen molar-refractivity contribution in [3.63, 3.8) is 0 Å². The van der Waals surface area contributed by atoms with Crippen LogP contribution in [0.4, 0.5) is 11.4 Å². The maximum Gasteiger partial charge on any atom is 0.258 e. The van der Waals surface area contributed by atoms with Gasteiger partial charge < -0.3 is 5.32 Å². The average Bonchev–Trinajstić information content (AvgIpc) is 3.16. The van der Waals surface area contributed by atoms with Crippen LogP contribution in [-0.4, -0.2) is 38.4 Å². The van der Waals surface area contributed by atoms with Crippen LogP contribution in [0.1, 0.15) is 20.8 Å². The van der Waals surface area contributed by atoms with Crippen molar-refractivity contribution in [3.05, 3.63) is 66.7 Å². The van der Waals surface area contributed by atoms with Gasteiger partial charge in [0.15, 0.2) is 5.78 Å². The Bertz CT molecular complexity index is 1400. The SMILES string of the molecule is CC(=O)[C@H](N=Nc1ccc(S(=O)(=O)N[C@H]2ON[C@@H](C)[C@H]2C)cc1)C(=O)Nc1cccc2ccccc12. The molecule has 1 aliphatic rings. The van der Waals surface area contributed by atoms with Gasteiger partial charge in [-0.2, -0.15) is 20.4 Å². The topological polar surface area (TPSA) is 138 Å². The Hall–Kier alpha value is -3.51. The van der Waals surface area contributed by atoms with Crippen LogP contribution in [0, 0.1) is 5.92 Å². The molecule has 4 atom stereocenters. The molecule has 3 aromatic carbocycles. The number of hydroxylamine groups is 1. The lowest BCUT2D eigenvalue weighted by atomic mass is 10.1. The van der Waals surface area contributed by atoms with Gasteiger partial charge in [-0.05, 0) is 49.6 Å². The summed E-state index contributed by atoms with van der Waals surface area (Å²) < 4.78 is 27.9. The van der Waals surface area contributed by atoms with E-state index in [1.54, 1.807) is 6.07 Å². The molecular formula is C25H27N5O5S. The molecule has 0 aromatic heterocycles. The molecule has 0 aliphatic carbocycles. The number of carbonyl (C=O) groups is 2. The summed E-state index contributed by atoms with van der Waals surface area (Å²) in [5.74, 6) is -1.15. The first-order valence-electron chi connectivity index (χ1n) is 11.4. The second kappa shape index (κ2) is 10.6. The Balaban J connectivity index is 1.46. The van der Waals surface area contributed by atoms with Crippen LogP contribution in [0.3, 0.4) is 0 Å². The second-order valence-corrected chi connectivity index (χ2v) is 10.4. The van der Waals surface area contributed by atoms with Crippen molar-refractivity contribution in [2.75, 3.05) is 5.32 Å². The van der Waals surface area contributed by atoms with E-state index in [1.165, 1.54) is 31.2 Å². The molecule has 1 amide bonds. The lowest BCUT2D eigenvalue weighted by Crippen LogP contribution is -2.38. The monoisotopic (exact) mass is 509 g/mol. The van der Waals surface area contributed by atoms with Crippen molar-refractivity contribution >= 4 is 43.9 Å². The van der Waals surface area contributed by atoms with E-state index in [9.17, 15) is 18.0 Å².